The third-order valence-corrected chi connectivity index (χ3v) is 3.56. The fourth-order valence-corrected chi connectivity index (χ4v) is 2.15. The summed E-state index contributed by atoms with van der Waals surface area (Å²) in [5, 5.41) is 8.63. The number of carbonyl (C=O) groups is 1. The van der Waals surface area contributed by atoms with E-state index in [0.29, 0.717) is 18.1 Å². The molecular weight excluding hydrogens is 301 g/mol. The maximum absolute atomic E-state index is 12.5. The standard InChI is InChI=1S/C15H17F3O4/c16-15(17,18)22-13-8-10(5-7-14(19)20)4-6-12(13)21-9-11-2-1-3-11/h4,6,8,11H,1-3,5,7,9H2,(H,19,20). The highest BCUT2D eigenvalue weighted by Gasteiger charge is 2.33. The van der Waals surface area contributed by atoms with Crippen molar-refractivity contribution in [3.8, 4) is 11.5 Å². The Kier molecular flexibility index (Phi) is 5.15. The summed E-state index contributed by atoms with van der Waals surface area (Å²) in [5.74, 6) is -1.02. The van der Waals surface area contributed by atoms with Gasteiger partial charge >= 0.3 is 12.3 Å². The van der Waals surface area contributed by atoms with Crippen molar-refractivity contribution in [3.63, 3.8) is 0 Å². The zero-order valence-corrected chi connectivity index (χ0v) is 11.9. The molecule has 0 aromatic heterocycles. The van der Waals surface area contributed by atoms with Crippen LogP contribution >= 0.6 is 0 Å². The molecule has 0 spiro atoms. The van der Waals surface area contributed by atoms with Crippen LogP contribution in [0.15, 0.2) is 18.2 Å². The van der Waals surface area contributed by atoms with Gasteiger partial charge in [-0.1, -0.05) is 12.5 Å². The quantitative estimate of drug-likeness (QED) is 0.831. The molecule has 0 bridgehead atoms. The largest absolute Gasteiger partial charge is 0.573 e. The van der Waals surface area contributed by atoms with Crippen LogP contribution in [0.2, 0.25) is 0 Å². The molecule has 2 rings (SSSR count). The number of benzene rings is 1. The van der Waals surface area contributed by atoms with Gasteiger partial charge < -0.3 is 14.6 Å². The molecule has 0 amide bonds. The SMILES string of the molecule is O=C(O)CCc1ccc(OCC2CCC2)c(OC(F)(F)F)c1. The molecule has 122 valence electrons. The van der Waals surface area contributed by atoms with Gasteiger partial charge in [-0.3, -0.25) is 4.79 Å². The molecule has 0 unspecified atom stereocenters. The summed E-state index contributed by atoms with van der Waals surface area (Å²) in [5.41, 5.74) is 0.456. The lowest BCUT2D eigenvalue weighted by Crippen LogP contribution is -2.21. The van der Waals surface area contributed by atoms with E-state index < -0.39 is 18.1 Å². The average Bonchev–Trinajstić information content (AvgIpc) is 2.34. The second kappa shape index (κ2) is 6.89. The highest BCUT2D eigenvalue weighted by molar-refractivity contribution is 5.67. The maximum atomic E-state index is 12.5. The van der Waals surface area contributed by atoms with Gasteiger partial charge in [0.25, 0.3) is 0 Å². The molecule has 1 fully saturated rings. The first kappa shape index (κ1) is 16.5. The Hall–Kier alpha value is -1.92. The van der Waals surface area contributed by atoms with Crippen molar-refractivity contribution in [2.75, 3.05) is 6.61 Å². The molecule has 0 atom stereocenters. The highest BCUT2D eigenvalue weighted by Crippen LogP contribution is 2.35. The number of halogens is 3. The highest BCUT2D eigenvalue weighted by atomic mass is 19.4. The summed E-state index contributed by atoms with van der Waals surface area (Å²) in [6, 6.07) is 4.14. The summed E-state index contributed by atoms with van der Waals surface area (Å²) in [7, 11) is 0. The number of carboxylic acid groups (broad SMARTS) is 1. The van der Waals surface area contributed by atoms with Gasteiger partial charge in [0.1, 0.15) is 0 Å². The van der Waals surface area contributed by atoms with Crippen LogP contribution < -0.4 is 9.47 Å². The van der Waals surface area contributed by atoms with E-state index in [0.717, 1.165) is 19.3 Å². The van der Waals surface area contributed by atoms with Gasteiger partial charge in [0.2, 0.25) is 0 Å². The van der Waals surface area contributed by atoms with E-state index in [1.54, 1.807) is 6.07 Å². The van der Waals surface area contributed by atoms with Gasteiger partial charge in [0.15, 0.2) is 11.5 Å². The molecule has 7 heteroatoms. The van der Waals surface area contributed by atoms with E-state index in [4.69, 9.17) is 9.84 Å². The minimum absolute atomic E-state index is 0.0308. The third kappa shape index (κ3) is 5.13. The Bertz CT molecular complexity index is 524. The van der Waals surface area contributed by atoms with E-state index >= 15 is 0 Å². The lowest BCUT2D eigenvalue weighted by molar-refractivity contribution is -0.275. The summed E-state index contributed by atoms with van der Waals surface area (Å²) >= 11 is 0. The smallest absolute Gasteiger partial charge is 0.489 e. The minimum Gasteiger partial charge on any atom is -0.489 e. The van der Waals surface area contributed by atoms with Crippen LogP contribution in [0.4, 0.5) is 13.2 Å². The summed E-state index contributed by atoms with van der Waals surface area (Å²) in [4.78, 5) is 10.5. The number of aliphatic carboxylic acids is 1. The van der Waals surface area contributed by atoms with Gasteiger partial charge in [-0.15, -0.1) is 13.2 Å². The second-order valence-electron chi connectivity index (χ2n) is 5.33. The van der Waals surface area contributed by atoms with Crippen LogP contribution in [0.25, 0.3) is 0 Å². The first-order valence-corrected chi connectivity index (χ1v) is 7.07. The first-order chi connectivity index (χ1) is 10.3. The predicted molar refractivity (Wildman–Crippen MR) is 71.9 cm³/mol. The average molecular weight is 318 g/mol. The Labute approximate surface area is 125 Å². The topological polar surface area (TPSA) is 55.8 Å². The summed E-state index contributed by atoms with van der Waals surface area (Å²) in [6.45, 7) is 0.364. The molecule has 0 heterocycles. The molecule has 1 saturated carbocycles. The van der Waals surface area contributed by atoms with Crippen molar-refractivity contribution in [1.82, 2.24) is 0 Å². The molecule has 1 aliphatic rings. The maximum Gasteiger partial charge on any atom is 0.573 e. The lowest BCUT2D eigenvalue weighted by atomic mass is 9.86. The Morgan fingerprint density at radius 2 is 2.00 bits per heavy atom. The third-order valence-electron chi connectivity index (χ3n) is 3.56. The van der Waals surface area contributed by atoms with Gasteiger partial charge in [0, 0.05) is 6.42 Å². The zero-order chi connectivity index (χ0) is 16.2. The summed E-state index contributed by atoms with van der Waals surface area (Å²) < 4.78 is 46.8. The van der Waals surface area contributed by atoms with Crippen LogP contribution in [0.3, 0.4) is 0 Å². The molecular formula is C15H17F3O4. The lowest BCUT2D eigenvalue weighted by Gasteiger charge is -2.25. The van der Waals surface area contributed by atoms with E-state index in [-0.39, 0.29) is 18.6 Å². The van der Waals surface area contributed by atoms with Crippen LogP contribution in [0.1, 0.15) is 31.2 Å². The molecule has 0 radical (unpaired) electrons. The van der Waals surface area contributed by atoms with E-state index in [1.807, 2.05) is 0 Å². The second-order valence-corrected chi connectivity index (χ2v) is 5.33. The van der Waals surface area contributed by atoms with Crippen molar-refractivity contribution in [3.05, 3.63) is 23.8 Å². The Balaban J connectivity index is 2.09. The van der Waals surface area contributed by atoms with Crippen molar-refractivity contribution in [2.45, 2.75) is 38.5 Å². The number of rotatable bonds is 7. The number of hydrogen-bond donors (Lipinski definition) is 1. The monoisotopic (exact) mass is 318 g/mol. The predicted octanol–water partition coefficient (Wildman–Crippen LogP) is 3.78. The molecule has 22 heavy (non-hydrogen) atoms. The number of ether oxygens (including phenoxy) is 2. The van der Waals surface area contributed by atoms with Crippen molar-refractivity contribution in [2.24, 2.45) is 5.92 Å². The van der Waals surface area contributed by atoms with E-state index in [2.05, 4.69) is 4.74 Å². The van der Waals surface area contributed by atoms with Crippen molar-refractivity contribution in [1.29, 1.82) is 0 Å². The van der Waals surface area contributed by atoms with Crippen LogP contribution in [-0.2, 0) is 11.2 Å². The van der Waals surface area contributed by atoms with Crippen molar-refractivity contribution < 1.29 is 32.5 Å². The van der Waals surface area contributed by atoms with Gasteiger partial charge in [-0.05, 0) is 42.9 Å². The van der Waals surface area contributed by atoms with Gasteiger partial charge in [-0.2, -0.15) is 0 Å². The minimum atomic E-state index is -4.82. The molecule has 0 aliphatic heterocycles. The van der Waals surface area contributed by atoms with Gasteiger partial charge in [0.05, 0.1) is 6.61 Å². The number of aryl methyl sites for hydroxylation is 1. The Morgan fingerprint density at radius 3 is 2.55 bits per heavy atom. The number of hydrogen-bond acceptors (Lipinski definition) is 3. The van der Waals surface area contributed by atoms with Gasteiger partial charge in [-0.25, -0.2) is 0 Å². The molecule has 1 N–H and O–H groups in total. The van der Waals surface area contributed by atoms with Crippen LogP contribution in [-0.4, -0.2) is 24.0 Å². The van der Waals surface area contributed by atoms with Crippen LogP contribution in [0, 0.1) is 5.92 Å². The summed E-state index contributed by atoms with van der Waals surface area (Å²) in [6.07, 6.45) is -1.69. The molecule has 1 aromatic rings. The number of alkyl halides is 3. The molecule has 1 aliphatic carbocycles. The number of carboxylic acids is 1. The molecule has 1 aromatic carbocycles. The zero-order valence-electron chi connectivity index (χ0n) is 11.9. The Morgan fingerprint density at radius 1 is 1.27 bits per heavy atom. The fraction of sp³-hybridized carbons (Fsp3) is 0.533. The normalized spacial score (nSPS) is 15.2. The molecule has 0 saturated heterocycles. The fourth-order valence-electron chi connectivity index (χ4n) is 2.15. The van der Waals surface area contributed by atoms with E-state index in [9.17, 15) is 18.0 Å². The first-order valence-electron chi connectivity index (χ1n) is 7.07. The van der Waals surface area contributed by atoms with E-state index in [1.165, 1.54) is 12.1 Å². The van der Waals surface area contributed by atoms with Crippen molar-refractivity contribution >= 4 is 5.97 Å². The molecule has 4 nitrogen and oxygen atoms in total. The van der Waals surface area contributed by atoms with Crippen LogP contribution in [0.5, 0.6) is 11.5 Å².